The van der Waals surface area contributed by atoms with Crippen molar-refractivity contribution in [2.75, 3.05) is 0 Å². The first-order chi connectivity index (χ1) is 25.3. The second kappa shape index (κ2) is 10.9. The van der Waals surface area contributed by atoms with Gasteiger partial charge in [0.15, 0.2) is 17.5 Å². The minimum Gasteiger partial charge on any atom is -0.455 e. The SMILES string of the molecule is c1ccc(-c2nc(-c3cccc4oc5c(-c6cccc7c6oc6ccccc67)cccc5c34)nc(-c3cccc4sc5ccccc5c34)n2)cc1. The highest BCUT2D eigenvalue weighted by molar-refractivity contribution is 7.25. The first-order valence-corrected chi connectivity index (χ1v) is 17.7. The van der Waals surface area contributed by atoms with Crippen LogP contribution in [0.2, 0.25) is 0 Å². The van der Waals surface area contributed by atoms with Gasteiger partial charge in [-0.3, -0.25) is 0 Å². The van der Waals surface area contributed by atoms with Gasteiger partial charge in [-0.05, 0) is 24.3 Å². The normalized spacial score (nSPS) is 11.9. The molecular formula is C45H25N3O2S. The van der Waals surface area contributed by atoms with Gasteiger partial charge in [0.2, 0.25) is 0 Å². The zero-order valence-electron chi connectivity index (χ0n) is 27.0. The smallest absolute Gasteiger partial charge is 0.164 e. The van der Waals surface area contributed by atoms with Crippen LogP contribution in [0.1, 0.15) is 0 Å². The predicted molar refractivity (Wildman–Crippen MR) is 209 cm³/mol. The molecule has 0 fully saturated rings. The summed E-state index contributed by atoms with van der Waals surface area (Å²) >= 11 is 1.79. The molecule has 0 bridgehead atoms. The van der Waals surface area contributed by atoms with Crippen molar-refractivity contribution in [1.29, 1.82) is 0 Å². The Balaban J connectivity index is 1.17. The Morgan fingerprint density at radius 3 is 1.71 bits per heavy atom. The van der Waals surface area contributed by atoms with E-state index in [-0.39, 0.29) is 0 Å². The summed E-state index contributed by atoms with van der Waals surface area (Å²) in [5, 5.41) is 6.48. The molecular weight excluding hydrogens is 647 g/mol. The summed E-state index contributed by atoms with van der Waals surface area (Å²) in [6.45, 7) is 0. The lowest BCUT2D eigenvalue weighted by Gasteiger charge is -2.10. The van der Waals surface area contributed by atoms with Crippen molar-refractivity contribution < 1.29 is 8.83 Å². The molecule has 0 unspecified atom stereocenters. The molecule has 0 saturated heterocycles. The molecule has 0 atom stereocenters. The molecule has 0 N–H and O–H groups in total. The Bertz CT molecular complexity index is 3160. The number of furan rings is 2. The van der Waals surface area contributed by atoms with Crippen molar-refractivity contribution in [3.63, 3.8) is 0 Å². The van der Waals surface area contributed by atoms with Gasteiger partial charge in [0.1, 0.15) is 22.3 Å². The average molecular weight is 672 g/mol. The van der Waals surface area contributed by atoms with Crippen molar-refractivity contribution in [3.05, 3.63) is 152 Å². The lowest BCUT2D eigenvalue weighted by Crippen LogP contribution is -2.00. The van der Waals surface area contributed by atoms with E-state index in [9.17, 15) is 0 Å². The maximum atomic E-state index is 6.74. The molecule has 0 aliphatic carbocycles. The molecule has 4 aromatic heterocycles. The van der Waals surface area contributed by atoms with Crippen LogP contribution >= 0.6 is 11.3 Å². The molecule has 0 radical (unpaired) electrons. The zero-order valence-corrected chi connectivity index (χ0v) is 27.8. The van der Waals surface area contributed by atoms with Crippen LogP contribution in [-0.2, 0) is 0 Å². The number of hydrogen-bond donors (Lipinski definition) is 0. The van der Waals surface area contributed by atoms with Gasteiger partial charge in [-0.25, -0.2) is 15.0 Å². The predicted octanol–water partition coefficient (Wildman–Crippen LogP) is 12.7. The third-order valence-electron chi connectivity index (χ3n) is 9.77. The van der Waals surface area contributed by atoms with Crippen molar-refractivity contribution in [3.8, 4) is 45.3 Å². The van der Waals surface area contributed by atoms with E-state index in [2.05, 4.69) is 91.0 Å². The molecule has 0 aliphatic rings. The van der Waals surface area contributed by atoms with Gasteiger partial charge < -0.3 is 8.83 Å². The average Bonchev–Trinajstić information content (AvgIpc) is 3.89. The quantitative estimate of drug-likeness (QED) is 0.186. The Morgan fingerprint density at radius 1 is 0.353 bits per heavy atom. The maximum absolute atomic E-state index is 6.74. The van der Waals surface area contributed by atoms with Gasteiger partial charge in [0, 0.05) is 69.5 Å². The van der Waals surface area contributed by atoms with E-state index < -0.39 is 0 Å². The summed E-state index contributed by atoms with van der Waals surface area (Å²) < 4.78 is 15.6. The summed E-state index contributed by atoms with van der Waals surface area (Å²) in [7, 11) is 0. The number of benzene rings is 7. The molecule has 0 amide bonds. The number of thiophene rings is 1. The van der Waals surface area contributed by atoms with E-state index in [1.807, 2.05) is 60.7 Å². The lowest BCUT2D eigenvalue weighted by atomic mass is 9.98. The number of nitrogens with zero attached hydrogens (tertiary/aromatic N) is 3. The fraction of sp³-hybridized carbons (Fsp3) is 0. The van der Waals surface area contributed by atoms with Gasteiger partial charge in [-0.2, -0.15) is 0 Å². The molecule has 0 spiro atoms. The zero-order chi connectivity index (χ0) is 33.5. The van der Waals surface area contributed by atoms with Crippen molar-refractivity contribution in [2.45, 2.75) is 0 Å². The molecule has 51 heavy (non-hydrogen) atoms. The van der Waals surface area contributed by atoms with Crippen molar-refractivity contribution in [2.24, 2.45) is 0 Å². The highest BCUT2D eigenvalue weighted by Gasteiger charge is 2.22. The summed E-state index contributed by atoms with van der Waals surface area (Å²) in [4.78, 5) is 15.5. The topological polar surface area (TPSA) is 65.0 Å². The fourth-order valence-electron chi connectivity index (χ4n) is 7.50. The standard InChI is InChI=1S/C45H25N3O2S/c1-2-12-26(13-3-1)43-46-44(48-45(47-43)34-21-11-25-38-40(34)31-15-5-7-24-37(31)51-38)33-20-10-23-36-39(33)32-19-9-18-30(42(32)50-36)29-17-8-16-28-27-14-4-6-22-35(27)49-41(28)29/h1-25H. The second-order valence-corrected chi connectivity index (χ2v) is 13.8. The first kappa shape index (κ1) is 28.2. The number of hydrogen-bond acceptors (Lipinski definition) is 6. The largest absolute Gasteiger partial charge is 0.455 e. The summed E-state index contributed by atoms with van der Waals surface area (Å²) in [5.41, 5.74) is 8.01. The van der Waals surface area contributed by atoms with Crippen LogP contribution in [-0.4, -0.2) is 15.0 Å². The molecule has 0 aliphatic heterocycles. The number of aromatic nitrogens is 3. The van der Waals surface area contributed by atoms with E-state index in [0.717, 1.165) is 77.1 Å². The molecule has 4 heterocycles. The van der Waals surface area contributed by atoms with E-state index in [0.29, 0.717) is 17.5 Å². The van der Waals surface area contributed by atoms with Gasteiger partial charge >= 0.3 is 0 Å². The van der Waals surface area contributed by atoms with E-state index in [1.54, 1.807) is 11.3 Å². The third kappa shape index (κ3) is 4.30. The Kier molecular flexibility index (Phi) is 6.05. The van der Waals surface area contributed by atoms with E-state index >= 15 is 0 Å². The van der Waals surface area contributed by atoms with Crippen LogP contribution in [0.5, 0.6) is 0 Å². The highest BCUT2D eigenvalue weighted by Crippen LogP contribution is 2.44. The summed E-state index contributed by atoms with van der Waals surface area (Å²) in [5.74, 6) is 1.85. The number of para-hydroxylation sites is 3. The summed E-state index contributed by atoms with van der Waals surface area (Å²) in [6.07, 6.45) is 0. The summed E-state index contributed by atoms with van der Waals surface area (Å²) in [6, 6.07) is 51.9. The van der Waals surface area contributed by atoms with E-state index in [1.165, 1.54) is 14.8 Å². The van der Waals surface area contributed by atoms with Crippen molar-refractivity contribution in [1.82, 2.24) is 15.0 Å². The molecule has 238 valence electrons. The van der Waals surface area contributed by atoms with Gasteiger partial charge in [-0.1, -0.05) is 127 Å². The maximum Gasteiger partial charge on any atom is 0.164 e. The fourth-order valence-corrected chi connectivity index (χ4v) is 8.63. The van der Waals surface area contributed by atoms with E-state index in [4.69, 9.17) is 23.8 Å². The Hall–Kier alpha value is -6.63. The van der Waals surface area contributed by atoms with Crippen molar-refractivity contribution >= 4 is 75.4 Å². The van der Waals surface area contributed by atoms with Crippen LogP contribution in [0, 0.1) is 0 Å². The minimum absolute atomic E-state index is 0.591. The lowest BCUT2D eigenvalue weighted by molar-refractivity contribution is 0.665. The molecule has 11 rings (SSSR count). The van der Waals surface area contributed by atoms with Gasteiger partial charge in [0.25, 0.3) is 0 Å². The van der Waals surface area contributed by atoms with Crippen LogP contribution in [0.4, 0.5) is 0 Å². The highest BCUT2D eigenvalue weighted by atomic mass is 32.1. The minimum atomic E-state index is 0.591. The van der Waals surface area contributed by atoms with Crippen LogP contribution < -0.4 is 0 Å². The monoisotopic (exact) mass is 671 g/mol. The number of rotatable bonds is 4. The molecule has 5 nitrogen and oxygen atoms in total. The van der Waals surface area contributed by atoms with Crippen LogP contribution in [0.15, 0.2) is 160 Å². The Labute approximate surface area is 295 Å². The molecule has 11 aromatic rings. The third-order valence-corrected chi connectivity index (χ3v) is 10.9. The molecule has 6 heteroatoms. The van der Waals surface area contributed by atoms with Crippen LogP contribution in [0.3, 0.4) is 0 Å². The Morgan fingerprint density at radius 2 is 0.882 bits per heavy atom. The first-order valence-electron chi connectivity index (χ1n) is 16.9. The number of fused-ring (bicyclic) bond motifs is 9. The van der Waals surface area contributed by atoms with Gasteiger partial charge in [0.05, 0.1) is 0 Å². The van der Waals surface area contributed by atoms with Gasteiger partial charge in [-0.15, -0.1) is 11.3 Å². The molecule has 7 aromatic carbocycles. The molecule has 0 saturated carbocycles. The second-order valence-electron chi connectivity index (χ2n) is 12.7. The van der Waals surface area contributed by atoms with Crippen LogP contribution in [0.25, 0.3) is 109 Å².